The summed E-state index contributed by atoms with van der Waals surface area (Å²) in [6, 6.07) is 4.17. The highest BCUT2D eigenvalue weighted by molar-refractivity contribution is 7.51. The standard InChI is InChI=1S/C10H17O3PS/c11-14(12,13)8-4-2-1-3-6-10-7-5-9-15-10/h5,7,9H,1-4,6,8H2,(H2,11,12,13). The van der Waals surface area contributed by atoms with Crippen LogP contribution in [0.4, 0.5) is 0 Å². The molecule has 0 aromatic carbocycles. The third kappa shape index (κ3) is 6.85. The molecule has 1 rings (SSSR count). The van der Waals surface area contributed by atoms with Crippen molar-refractivity contribution in [2.24, 2.45) is 0 Å². The molecule has 0 aliphatic rings. The molecular weight excluding hydrogens is 231 g/mol. The van der Waals surface area contributed by atoms with E-state index in [2.05, 4.69) is 11.4 Å². The second kappa shape index (κ2) is 6.44. The molecule has 0 saturated heterocycles. The van der Waals surface area contributed by atoms with E-state index in [4.69, 9.17) is 9.79 Å². The molecule has 86 valence electrons. The molecule has 15 heavy (non-hydrogen) atoms. The van der Waals surface area contributed by atoms with Gasteiger partial charge in [-0.1, -0.05) is 18.9 Å². The fraction of sp³-hybridized carbons (Fsp3) is 0.600. The Morgan fingerprint density at radius 2 is 1.93 bits per heavy atom. The Bertz CT molecular complexity index is 304. The van der Waals surface area contributed by atoms with E-state index >= 15 is 0 Å². The SMILES string of the molecule is O=P(O)(O)CCCCCCc1cccs1. The zero-order valence-corrected chi connectivity index (χ0v) is 10.3. The van der Waals surface area contributed by atoms with Crippen LogP contribution in [-0.4, -0.2) is 15.9 Å². The van der Waals surface area contributed by atoms with E-state index in [1.165, 1.54) is 4.88 Å². The molecule has 0 atom stereocenters. The maximum Gasteiger partial charge on any atom is 0.325 e. The molecule has 0 bridgehead atoms. The van der Waals surface area contributed by atoms with Crippen LogP contribution in [0.2, 0.25) is 0 Å². The molecule has 5 heteroatoms. The van der Waals surface area contributed by atoms with Crippen LogP contribution in [0.25, 0.3) is 0 Å². The summed E-state index contributed by atoms with van der Waals surface area (Å²) >= 11 is 1.77. The van der Waals surface area contributed by atoms with Crippen LogP contribution in [-0.2, 0) is 11.0 Å². The second-order valence-corrected chi connectivity index (χ2v) is 6.44. The van der Waals surface area contributed by atoms with Gasteiger partial charge in [0.15, 0.2) is 0 Å². The molecule has 0 fully saturated rings. The van der Waals surface area contributed by atoms with Crippen LogP contribution in [0.15, 0.2) is 17.5 Å². The number of hydrogen-bond donors (Lipinski definition) is 2. The van der Waals surface area contributed by atoms with Gasteiger partial charge < -0.3 is 9.79 Å². The Labute approximate surface area is 94.3 Å². The minimum absolute atomic E-state index is 0.0337. The van der Waals surface area contributed by atoms with Crippen molar-refractivity contribution in [3.63, 3.8) is 0 Å². The molecule has 0 unspecified atom stereocenters. The molecule has 3 nitrogen and oxygen atoms in total. The summed E-state index contributed by atoms with van der Waals surface area (Å²) in [4.78, 5) is 18.7. The van der Waals surface area contributed by atoms with Crippen molar-refractivity contribution in [3.05, 3.63) is 22.4 Å². The van der Waals surface area contributed by atoms with Gasteiger partial charge in [-0.05, 0) is 30.7 Å². The van der Waals surface area contributed by atoms with Crippen LogP contribution in [0.1, 0.15) is 30.6 Å². The Morgan fingerprint density at radius 3 is 2.53 bits per heavy atom. The number of unbranched alkanes of at least 4 members (excludes halogenated alkanes) is 3. The van der Waals surface area contributed by atoms with Crippen LogP contribution in [0, 0.1) is 0 Å². The van der Waals surface area contributed by atoms with Crippen molar-refractivity contribution in [1.29, 1.82) is 0 Å². The predicted octanol–water partition coefficient (Wildman–Crippen LogP) is 3.03. The topological polar surface area (TPSA) is 57.5 Å². The minimum Gasteiger partial charge on any atom is -0.324 e. The van der Waals surface area contributed by atoms with Crippen molar-refractivity contribution in [2.75, 3.05) is 6.16 Å². The van der Waals surface area contributed by atoms with E-state index < -0.39 is 7.60 Å². The first-order chi connectivity index (χ1) is 7.08. The first-order valence-corrected chi connectivity index (χ1v) is 7.82. The Hall–Kier alpha value is -0.150. The Balaban J connectivity index is 1.96. The zero-order chi connectivity index (χ0) is 11.1. The molecule has 0 spiro atoms. The third-order valence-electron chi connectivity index (χ3n) is 2.20. The minimum atomic E-state index is -3.76. The van der Waals surface area contributed by atoms with Crippen molar-refractivity contribution in [1.82, 2.24) is 0 Å². The van der Waals surface area contributed by atoms with Gasteiger partial charge in [0.2, 0.25) is 0 Å². The average Bonchev–Trinajstić information content (AvgIpc) is 2.61. The van der Waals surface area contributed by atoms with Gasteiger partial charge in [0.25, 0.3) is 0 Å². The first kappa shape index (κ1) is 12.9. The van der Waals surface area contributed by atoms with Crippen LogP contribution >= 0.6 is 18.9 Å². The second-order valence-electron chi connectivity index (χ2n) is 3.63. The highest BCUT2D eigenvalue weighted by Gasteiger charge is 2.10. The molecular formula is C10H17O3PS. The average molecular weight is 248 g/mol. The Kier molecular flexibility index (Phi) is 5.54. The number of hydrogen-bond acceptors (Lipinski definition) is 2. The number of thiophene rings is 1. The van der Waals surface area contributed by atoms with Gasteiger partial charge in [0.1, 0.15) is 0 Å². The van der Waals surface area contributed by atoms with Crippen molar-refractivity contribution >= 4 is 18.9 Å². The highest BCUT2D eigenvalue weighted by atomic mass is 32.1. The van der Waals surface area contributed by atoms with Gasteiger partial charge >= 0.3 is 7.60 Å². The van der Waals surface area contributed by atoms with Gasteiger partial charge in [0.05, 0.1) is 0 Å². The molecule has 1 aromatic heterocycles. The van der Waals surface area contributed by atoms with E-state index in [9.17, 15) is 4.57 Å². The lowest BCUT2D eigenvalue weighted by Crippen LogP contribution is -1.89. The van der Waals surface area contributed by atoms with Crippen LogP contribution in [0.5, 0.6) is 0 Å². The van der Waals surface area contributed by atoms with E-state index in [0.29, 0.717) is 6.42 Å². The molecule has 1 aromatic rings. The zero-order valence-electron chi connectivity index (χ0n) is 8.63. The molecule has 0 aliphatic carbocycles. The summed E-state index contributed by atoms with van der Waals surface area (Å²) in [5.74, 6) is 0. The summed E-state index contributed by atoms with van der Waals surface area (Å²) in [5, 5.41) is 2.07. The van der Waals surface area contributed by atoms with Gasteiger partial charge in [-0.25, -0.2) is 0 Å². The summed E-state index contributed by atoms with van der Waals surface area (Å²) in [6.45, 7) is 0. The van der Waals surface area contributed by atoms with E-state index in [1.807, 2.05) is 6.07 Å². The lowest BCUT2D eigenvalue weighted by molar-refractivity contribution is 0.370. The maximum absolute atomic E-state index is 10.5. The summed E-state index contributed by atoms with van der Waals surface area (Å²) in [7, 11) is -3.76. The monoisotopic (exact) mass is 248 g/mol. The van der Waals surface area contributed by atoms with Gasteiger partial charge in [-0.3, -0.25) is 4.57 Å². The van der Waals surface area contributed by atoms with Crippen LogP contribution < -0.4 is 0 Å². The quantitative estimate of drug-likeness (QED) is 0.576. The summed E-state index contributed by atoms with van der Waals surface area (Å²) in [5.41, 5.74) is 0. The summed E-state index contributed by atoms with van der Waals surface area (Å²) < 4.78 is 10.5. The maximum atomic E-state index is 10.5. The van der Waals surface area contributed by atoms with E-state index in [0.717, 1.165) is 25.7 Å². The normalized spacial score (nSPS) is 11.9. The molecule has 1 heterocycles. The van der Waals surface area contributed by atoms with Crippen molar-refractivity contribution in [2.45, 2.75) is 32.1 Å². The molecule has 0 radical (unpaired) electrons. The predicted molar refractivity (Wildman–Crippen MR) is 63.4 cm³/mol. The lowest BCUT2D eigenvalue weighted by atomic mass is 10.1. The number of rotatable bonds is 7. The Morgan fingerprint density at radius 1 is 1.20 bits per heavy atom. The lowest BCUT2D eigenvalue weighted by Gasteiger charge is -2.03. The van der Waals surface area contributed by atoms with Gasteiger partial charge in [-0.15, -0.1) is 11.3 Å². The largest absolute Gasteiger partial charge is 0.325 e. The smallest absolute Gasteiger partial charge is 0.324 e. The first-order valence-electron chi connectivity index (χ1n) is 5.15. The fourth-order valence-corrected chi connectivity index (χ4v) is 2.81. The molecule has 2 N–H and O–H groups in total. The third-order valence-corrected chi connectivity index (χ3v) is 4.04. The molecule has 0 aliphatic heterocycles. The van der Waals surface area contributed by atoms with E-state index in [1.54, 1.807) is 11.3 Å². The highest BCUT2D eigenvalue weighted by Crippen LogP contribution is 2.35. The molecule has 0 amide bonds. The van der Waals surface area contributed by atoms with Gasteiger partial charge in [-0.2, -0.15) is 0 Å². The van der Waals surface area contributed by atoms with Crippen LogP contribution in [0.3, 0.4) is 0 Å². The van der Waals surface area contributed by atoms with Gasteiger partial charge in [0, 0.05) is 11.0 Å². The van der Waals surface area contributed by atoms with E-state index in [-0.39, 0.29) is 6.16 Å². The van der Waals surface area contributed by atoms with Crippen molar-refractivity contribution in [3.8, 4) is 0 Å². The fourth-order valence-electron chi connectivity index (χ4n) is 1.43. The van der Waals surface area contributed by atoms with Crippen molar-refractivity contribution < 1.29 is 14.4 Å². The number of aryl methyl sites for hydroxylation is 1. The molecule has 0 saturated carbocycles. The summed E-state index contributed by atoms with van der Waals surface area (Å²) in [6.07, 6.45) is 4.84.